The third-order valence-electron chi connectivity index (χ3n) is 3.32. The van der Waals surface area contributed by atoms with Crippen molar-refractivity contribution in [1.29, 1.82) is 0 Å². The number of nitrogens with zero attached hydrogens (tertiary/aromatic N) is 1. The minimum Gasteiger partial charge on any atom is -0.444 e. The van der Waals surface area contributed by atoms with E-state index in [-0.39, 0.29) is 6.04 Å². The monoisotopic (exact) mass is 308 g/mol. The van der Waals surface area contributed by atoms with Gasteiger partial charge in [-0.2, -0.15) is 0 Å². The van der Waals surface area contributed by atoms with Gasteiger partial charge >= 0.3 is 0 Å². The van der Waals surface area contributed by atoms with E-state index in [0.29, 0.717) is 17.3 Å². The van der Waals surface area contributed by atoms with E-state index >= 15 is 0 Å². The van der Waals surface area contributed by atoms with E-state index < -0.39 is 9.84 Å². The largest absolute Gasteiger partial charge is 0.444 e. The Labute approximate surface area is 125 Å². The molecule has 1 aromatic carbocycles. The maximum atomic E-state index is 11.4. The molecule has 1 aromatic heterocycles. The highest BCUT2D eigenvalue weighted by atomic mass is 32.2. The molecule has 1 N–H and O–H groups in total. The van der Waals surface area contributed by atoms with Crippen LogP contribution in [0.3, 0.4) is 0 Å². The van der Waals surface area contributed by atoms with Crippen molar-refractivity contribution in [1.82, 2.24) is 10.3 Å². The Kier molecular flexibility index (Phi) is 4.80. The fraction of sp³-hybridized carbons (Fsp3) is 0.400. The van der Waals surface area contributed by atoms with E-state index in [2.05, 4.69) is 10.3 Å². The second kappa shape index (κ2) is 6.41. The Morgan fingerprint density at radius 3 is 2.48 bits per heavy atom. The van der Waals surface area contributed by atoms with Crippen molar-refractivity contribution < 1.29 is 12.8 Å². The van der Waals surface area contributed by atoms with E-state index in [0.717, 1.165) is 17.7 Å². The molecule has 2 aromatic rings. The number of hydrogen-bond acceptors (Lipinski definition) is 5. The summed E-state index contributed by atoms with van der Waals surface area (Å²) < 4.78 is 28.4. The first-order valence-electron chi connectivity index (χ1n) is 6.87. The lowest BCUT2D eigenvalue weighted by Crippen LogP contribution is -2.18. The summed E-state index contributed by atoms with van der Waals surface area (Å²) in [7, 11) is -3.15. The maximum Gasteiger partial charge on any atom is 0.208 e. The highest BCUT2D eigenvalue weighted by Crippen LogP contribution is 2.16. The van der Waals surface area contributed by atoms with Crippen molar-refractivity contribution in [2.75, 3.05) is 6.26 Å². The molecule has 0 aliphatic rings. The number of aryl methyl sites for hydroxylation is 1. The van der Waals surface area contributed by atoms with Crippen molar-refractivity contribution in [3.63, 3.8) is 0 Å². The molecule has 0 spiro atoms. The molecule has 1 atom stereocenters. The summed E-state index contributed by atoms with van der Waals surface area (Å²) in [4.78, 5) is 4.52. The predicted molar refractivity (Wildman–Crippen MR) is 80.7 cm³/mol. The maximum absolute atomic E-state index is 11.4. The van der Waals surface area contributed by atoms with Crippen LogP contribution in [0.4, 0.5) is 0 Å². The topological polar surface area (TPSA) is 72.2 Å². The molecule has 0 bridgehead atoms. The Morgan fingerprint density at radius 1 is 1.29 bits per heavy atom. The Morgan fingerprint density at radius 2 is 1.95 bits per heavy atom. The molecule has 0 saturated heterocycles. The molecule has 0 amide bonds. The lowest BCUT2D eigenvalue weighted by molar-refractivity contribution is 0.424. The summed E-state index contributed by atoms with van der Waals surface area (Å²) in [5.41, 5.74) is 1.02. The normalized spacial score (nSPS) is 13.3. The summed E-state index contributed by atoms with van der Waals surface area (Å²) in [5, 5.41) is 3.31. The molecule has 0 aliphatic heterocycles. The first kappa shape index (κ1) is 15.7. The third kappa shape index (κ3) is 4.15. The standard InChI is InChI=1S/C15H20N2O3S/c1-4-13-9-17-15(20-13)10-16-11(2)12-5-7-14(8-6-12)21(3,18)19/h5-9,11,16H,4,10H2,1-3H3. The van der Waals surface area contributed by atoms with Gasteiger partial charge in [-0.05, 0) is 24.6 Å². The summed E-state index contributed by atoms with van der Waals surface area (Å²) >= 11 is 0. The fourth-order valence-electron chi connectivity index (χ4n) is 1.96. The average molecular weight is 308 g/mol. The molecule has 0 aliphatic carbocycles. The van der Waals surface area contributed by atoms with Crippen LogP contribution in [0, 0.1) is 0 Å². The van der Waals surface area contributed by atoms with Gasteiger partial charge in [0.15, 0.2) is 9.84 Å². The van der Waals surface area contributed by atoms with E-state index in [9.17, 15) is 8.42 Å². The molecule has 1 unspecified atom stereocenters. The average Bonchev–Trinajstić information content (AvgIpc) is 2.92. The van der Waals surface area contributed by atoms with Crippen LogP contribution in [-0.4, -0.2) is 19.7 Å². The second-order valence-electron chi connectivity index (χ2n) is 5.02. The quantitative estimate of drug-likeness (QED) is 0.887. The van der Waals surface area contributed by atoms with Crippen LogP contribution < -0.4 is 5.32 Å². The lowest BCUT2D eigenvalue weighted by Gasteiger charge is -2.13. The van der Waals surface area contributed by atoms with Gasteiger partial charge in [-0.1, -0.05) is 19.1 Å². The molecule has 2 rings (SSSR count). The Hall–Kier alpha value is -1.66. The summed E-state index contributed by atoms with van der Waals surface area (Å²) in [6.45, 7) is 4.57. The first-order chi connectivity index (χ1) is 9.90. The molecule has 6 heteroatoms. The van der Waals surface area contributed by atoms with Crippen LogP contribution in [0.1, 0.15) is 37.1 Å². The van der Waals surface area contributed by atoms with Gasteiger partial charge in [0.1, 0.15) is 5.76 Å². The molecule has 21 heavy (non-hydrogen) atoms. The minimum atomic E-state index is -3.15. The molecular formula is C15H20N2O3S. The van der Waals surface area contributed by atoms with Crippen LogP contribution in [0.15, 0.2) is 39.8 Å². The first-order valence-corrected chi connectivity index (χ1v) is 8.76. The number of sulfone groups is 1. The zero-order chi connectivity index (χ0) is 15.5. The number of rotatable bonds is 6. The second-order valence-corrected chi connectivity index (χ2v) is 7.03. The lowest BCUT2D eigenvalue weighted by atomic mass is 10.1. The van der Waals surface area contributed by atoms with Crippen LogP contribution >= 0.6 is 0 Å². The Balaban J connectivity index is 1.98. The minimum absolute atomic E-state index is 0.0792. The van der Waals surface area contributed by atoms with Gasteiger partial charge in [0.2, 0.25) is 5.89 Å². The molecule has 5 nitrogen and oxygen atoms in total. The van der Waals surface area contributed by atoms with Crippen LogP contribution in [-0.2, 0) is 22.8 Å². The van der Waals surface area contributed by atoms with Crippen molar-refractivity contribution in [2.45, 2.75) is 37.8 Å². The summed E-state index contributed by atoms with van der Waals surface area (Å²) in [5.74, 6) is 1.53. The zero-order valence-corrected chi connectivity index (χ0v) is 13.3. The van der Waals surface area contributed by atoms with Crippen LogP contribution in [0.2, 0.25) is 0 Å². The highest BCUT2D eigenvalue weighted by Gasteiger charge is 2.10. The highest BCUT2D eigenvalue weighted by molar-refractivity contribution is 7.90. The molecular weight excluding hydrogens is 288 g/mol. The van der Waals surface area contributed by atoms with Gasteiger partial charge in [0, 0.05) is 18.7 Å². The number of oxazole rings is 1. The smallest absolute Gasteiger partial charge is 0.208 e. The Bertz CT molecular complexity index is 690. The zero-order valence-electron chi connectivity index (χ0n) is 12.5. The van der Waals surface area contributed by atoms with Gasteiger partial charge in [-0.3, -0.25) is 0 Å². The number of nitrogens with one attached hydrogen (secondary N) is 1. The molecule has 0 fully saturated rings. The van der Waals surface area contributed by atoms with E-state index in [1.54, 1.807) is 18.3 Å². The molecule has 1 heterocycles. The van der Waals surface area contributed by atoms with Crippen LogP contribution in [0.5, 0.6) is 0 Å². The van der Waals surface area contributed by atoms with Gasteiger partial charge in [-0.15, -0.1) is 0 Å². The SMILES string of the molecule is CCc1cnc(CNC(C)c2ccc(S(C)(=O)=O)cc2)o1. The van der Waals surface area contributed by atoms with Crippen molar-refractivity contribution in [3.05, 3.63) is 47.7 Å². The number of benzene rings is 1. The number of aromatic nitrogens is 1. The van der Waals surface area contributed by atoms with Crippen LogP contribution in [0.25, 0.3) is 0 Å². The summed E-state index contributed by atoms with van der Waals surface area (Å²) in [6, 6.07) is 6.98. The molecule has 114 valence electrons. The van der Waals surface area contributed by atoms with Crippen molar-refractivity contribution >= 4 is 9.84 Å². The fourth-order valence-corrected chi connectivity index (χ4v) is 2.59. The van der Waals surface area contributed by atoms with Gasteiger partial charge in [-0.25, -0.2) is 13.4 Å². The van der Waals surface area contributed by atoms with Gasteiger partial charge in [0.05, 0.1) is 17.6 Å². The molecule has 0 saturated carbocycles. The van der Waals surface area contributed by atoms with Crippen molar-refractivity contribution in [3.8, 4) is 0 Å². The van der Waals surface area contributed by atoms with Gasteiger partial charge < -0.3 is 9.73 Å². The summed E-state index contributed by atoms with van der Waals surface area (Å²) in [6.07, 6.45) is 3.77. The van der Waals surface area contributed by atoms with Gasteiger partial charge in [0.25, 0.3) is 0 Å². The van der Waals surface area contributed by atoms with E-state index in [1.165, 1.54) is 6.26 Å². The number of hydrogen-bond donors (Lipinski definition) is 1. The third-order valence-corrected chi connectivity index (χ3v) is 4.45. The predicted octanol–water partition coefficient (Wildman–Crippen LogP) is 2.49. The van der Waals surface area contributed by atoms with E-state index in [4.69, 9.17) is 4.42 Å². The molecule has 0 radical (unpaired) electrons. The van der Waals surface area contributed by atoms with E-state index in [1.807, 2.05) is 26.0 Å². The van der Waals surface area contributed by atoms with Crippen molar-refractivity contribution in [2.24, 2.45) is 0 Å².